The predicted molar refractivity (Wildman–Crippen MR) is 86.3 cm³/mol. The molecule has 0 atom stereocenters. The first-order valence-electron chi connectivity index (χ1n) is 7.20. The first-order chi connectivity index (χ1) is 9.58. The van der Waals surface area contributed by atoms with Crippen LogP contribution in [0.2, 0.25) is 0 Å². The van der Waals surface area contributed by atoms with Crippen LogP contribution in [-0.4, -0.2) is 22.8 Å². The fourth-order valence-electron chi connectivity index (χ4n) is 2.24. The van der Waals surface area contributed by atoms with Crippen LogP contribution >= 0.6 is 11.3 Å². The number of rotatable bonds is 6. The Bertz CT molecular complexity index is 540. The SMILES string of the molecule is Cc1cccc(C)c1-c1nnc(CCCNC(C)C)s1. The van der Waals surface area contributed by atoms with E-state index in [0.29, 0.717) is 6.04 Å². The van der Waals surface area contributed by atoms with Crippen LogP contribution in [0.15, 0.2) is 18.2 Å². The molecule has 1 heterocycles. The molecule has 4 heteroatoms. The van der Waals surface area contributed by atoms with Crippen LogP contribution < -0.4 is 5.32 Å². The molecule has 0 fully saturated rings. The molecule has 2 aromatic rings. The van der Waals surface area contributed by atoms with Gasteiger partial charge in [0, 0.05) is 18.0 Å². The number of hydrogen-bond acceptors (Lipinski definition) is 4. The Morgan fingerprint density at radius 3 is 2.50 bits per heavy atom. The summed E-state index contributed by atoms with van der Waals surface area (Å²) >= 11 is 1.72. The normalized spacial score (nSPS) is 11.2. The molecule has 1 aromatic heterocycles. The summed E-state index contributed by atoms with van der Waals surface area (Å²) in [4.78, 5) is 0. The maximum atomic E-state index is 4.37. The molecule has 0 saturated heterocycles. The molecule has 1 N–H and O–H groups in total. The molecule has 0 amide bonds. The summed E-state index contributed by atoms with van der Waals surface area (Å²) in [7, 11) is 0. The predicted octanol–water partition coefficient (Wildman–Crippen LogP) is 3.75. The van der Waals surface area contributed by atoms with Crippen LogP contribution in [0.5, 0.6) is 0 Å². The van der Waals surface area contributed by atoms with Gasteiger partial charge in [0.15, 0.2) is 0 Å². The summed E-state index contributed by atoms with van der Waals surface area (Å²) in [5.74, 6) is 0. The lowest BCUT2D eigenvalue weighted by Crippen LogP contribution is -2.23. The first-order valence-corrected chi connectivity index (χ1v) is 8.02. The van der Waals surface area contributed by atoms with Crippen LogP contribution in [0.3, 0.4) is 0 Å². The van der Waals surface area contributed by atoms with E-state index in [1.165, 1.54) is 16.7 Å². The van der Waals surface area contributed by atoms with Gasteiger partial charge in [0.25, 0.3) is 0 Å². The van der Waals surface area contributed by atoms with Gasteiger partial charge < -0.3 is 5.32 Å². The van der Waals surface area contributed by atoms with Crippen molar-refractivity contribution >= 4 is 11.3 Å². The van der Waals surface area contributed by atoms with Crippen molar-refractivity contribution in [3.8, 4) is 10.6 Å². The second-order valence-electron chi connectivity index (χ2n) is 5.48. The van der Waals surface area contributed by atoms with Gasteiger partial charge in [-0.15, -0.1) is 10.2 Å². The minimum Gasteiger partial charge on any atom is -0.315 e. The lowest BCUT2D eigenvalue weighted by Gasteiger charge is -2.06. The van der Waals surface area contributed by atoms with E-state index in [1.807, 2.05) is 0 Å². The summed E-state index contributed by atoms with van der Waals surface area (Å²) in [6.07, 6.45) is 2.11. The number of nitrogens with one attached hydrogen (secondary N) is 1. The van der Waals surface area contributed by atoms with Crippen LogP contribution in [-0.2, 0) is 6.42 Å². The van der Waals surface area contributed by atoms with Crippen molar-refractivity contribution in [3.63, 3.8) is 0 Å². The number of aromatic nitrogens is 2. The highest BCUT2D eigenvalue weighted by atomic mass is 32.1. The van der Waals surface area contributed by atoms with Crippen LogP contribution in [0.1, 0.15) is 36.4 Å². The third-order valence-electron chi connectivity index (χ3n) is 3.28. The molecule has 0 aliphatic carbocycles. The molecule has 20 heavy (non-hydrogen) atoms. The average Bonchev–Trinajstić information content (AvgIpc) is 2.83. The minimum atomic E-state index is 0.551. The Hall–Kier alpha value is -1.26. The highest BCUT2D eigenvalue weighted by Gasteiger charge is 2.11. The van der Waals surface area contributed by atoms with Crippen molar-refractivity contribution in [3.05, 3.63) is 34.3 Å². The summed E-state index contributed by atoms with van der Waals surface area (Å²) < 4.78 is 0. The van der Waals surface area contributed by atoms with Crippen LogP contribution in [0, 0.1) is 13.8 Å². The zero-order valence-electron chi connectivity index (χ0n) is 12.7. The Kier molecular flexibility index (Phi) is 5.26. The Labute approximate surface area is 125 Å². The number of benzene rings is 1. The standard InChI is InChI=1S/C16H23N3S/c1-11(2)17-10-6-9-14-18-19-16(20-14)15-12(3)7-5-8-13(15)4/h5,7-8,11,17H,6,9-10H2,1-4H3. The lowest BCUT2D eigenvalue weighted by atomic mass is 10.0. The molecule has 0 aliphatic heterocycles. The molecular formula is C16H23N3S. The number of nitrogens with zero attached hydrogens (tertiary/aromatic N) is 2. The molecule has 0 radical (unpaired) electrons. The summed E-state index contributed by atoms with van der Waals surface area (Å²) in [5, 5.41) is 14.3. The topological polar surface area (TPSA) is 37.8 Å². The smallest absolute Gasteiger partial charge is 0.148 e. The van der Waals surface area contributed by atoms with E-state index >= 15 is 0 Å². The minimum absolute atomic E-state index is 0.551. The van der Waals surface area contributed by atoms with Crippen molar-refractivity contribution in [1.29, 1.82) is 0 Å². The number of hydrogen-bond donors (Lipinski definition) is 1. The average molecular weight is 289 g/mol. The highest BCUT2D eigenvalue weighted by molar-refractivity contribution is 7.14. The van der Waals surface area contributed by atoms with Gasteiger partial charge in [0.1, 0.15) is 10.0 Å². The molecule has 0 spiro atoms. The summed E-state index contributed by atoms with van der Waals surface area (Å²) in [5.41, 5.74) is 3.79. The molecule has 0 aliphatic rings. The van der Waals surface area contributed by atoms with Gasteiger partial charge in [-0.3, -0.25) is 0 Å². The van der Waals surface area contributed by atoms with Crippen molar-refractivity contribution < 1.29 is 0 Å². The van der Waals surface area contributed by atoms with E-state index in [0.717, 1.165) is 29.4 Å². The fourth-order valence-corrected chi connectivity index (χ4v) is 3.29. The maximum absolute atomic E-state index is 4.37. The third-order valence-corrected chi connectivity index (χ3v) is 4.28. The van der Waals surface area contributed by atoms with E-state index in [-0.39, 0.29) is 0 Å². The van der Waals surface area contributed by atoms with Gasteiger partial charge in [0.05, 0.1) is 0 Å². The quantitative estimate of drug-likeness (QED) is 0.823. The first kappa shape index (κ1) is 15.1. The maximum Gasteiger partial charge on any atom is 0.148 e. The van der Waals surface area contributed by atoms with Gasteiger partial charge in [-0.1, -0.05) is 43.4 Å². The number of aryl methyl sites for hydroxylation is 3. The second kappa shape index (κ2) is 6.95. The van der Waals surface area contributed by atoms with Crippen molar-refractivity contribution in [2.24, 2.45) is 0 Å². The molecule has 2 rings (SSSR count). The second-order valence-corrected chi connectivity index (χ2v) is 6.54. The fraction of sp³-hybridized carbons (Fsp3) is 0.500. The van der Waals surface area contributed by atoms with Crippen molar-refractivity contribution in [1.82, 2.24) is 15.5 Å². The van der Waals surface area contributed by atoms with Crippen LogP contribution in [0.25, 0.3) is 10.6 Å². The summed E-state index contributed by atoms with van der Waals surface area (Å²) in [6.45, 7) is 9.65. The molecule has 1 aromatic carbocycles. The van der Waals surface area contributed by atoms with Gasteiger partial charge in [-0.05, 0) is 37.9 Å². The van der Waals surface area contributed by atoms with Crippen molar-refractivity contribution in [2.75, 3.05) is 6.54 Å². The monoisotopic (exact) mass is 289 g/mol. The zero-order valence-corrected chi connectivity index (χ0v) is 13.5. The van der Waals surface area contributed by atoms with E-state index in [9.17, 15) is 0 Å². The van der Waals surface area contributed by atoms with E-state index in [1.54, 1.807) is 11.3 Å². The molecule has 0 unspecified atom stereocenters. The van der Waals surface area contributed by atoms with E-state index < -0.39 is 0 Å². The van der Waals surface area contributed by atoms with E-state index in [2.05, 4.69) is 61.4 Å². The molecular weight excluding hydrogens is 266 g/mol. The van der Waals surface area contributed by atoms with Gasteiger partial charge in [-0.2, -0.15) is 0 Å². The van der Waals surface area contributed by atoms with Gasteiger partial charge >= 0.3 is 0 Å². The van der Waals surface area contributed by atoms with Gasteiger partial charge in [0.2, 0.25) is 0 Å². The highest BCUT2D eigenvalue weighted by Crippen LogP contribution is 2.29. The zero-order chi connectivity index (χ0) is 14.5. The van der Waals surface area contributed by atoms with E-state index in [4.69, 9.17) is 0 Å². The Morgan fingerprint density at radius 2 is 1.85 bits per heavy atom. The van der Waals surface area contributed by atoms with Crippen molar-refractivity contribution in [2.45, 2.75) is 46.6 Å². The Balaban J connectivity index is 2.02. The molecule has 0 bridgehead atoms. The van der Waals surface area contributed by atoms with Crippen LogP contribution in [0.4, 0.5) is 0 Å². The molecule has 108 valence electrons. The molecule has 0 saturated carbocycles. The molecule has 3 nitrogen and oxygen atoms in total. The largest absolute Gasteiger partial charge is 0.315 e. The van der Waals surface area contributed by atoms with Gasteiger partial charge in [-0.25, -0.2) is 0 Å². The summed E-state index contributed by atoms with van der Waals surface area (Å²) in [6, 6.07) is 6.91. The third kappa shape index (κ3) is 3.87. The lowest BCUT2D eigenvalue weighted by molar-refractivity contribution is 0.569. The Morgan fingerprint density at radius 1 is 1.15 bits per heavy atom.